The minimum absolute atomic E-state index is 0.189. The number of methoxy groups -OCH3 is 1. The number of nitrogens with zero attached hydrogens (tertiary/aromatic N) is 1. The van der Waals surface area contributed by atoms with Crippen molar-refractivity contribution in [2.24, 2.45) is 0 Å². The zero-order valence-corrected chi connectivity index (χ0v) is 16.4. The van der Waals surface area contributed by atoms with Crippen molar-refractivity contribution in [3.63, 3.8) is 0 Å². The van der Waals surface area contributed by atoms with Crippen LogP contribution in [0.15, 0.2) is 34.7 Å². The quantitative estimate of drug-likeness (QED) is 0.623. The molecule has 7 heteroatoms. The van der Waals surface area contributed by atoms with Crippen LogP contribution in [0.25, 0.3) is 11.1 Å². The molecular weight excluding hydrogens is 368 g/mol. The van der Waals surface area contributed by atoms with Crippen molar-refractivity contribution >= 4 is 34.3 Å². The zero-order chi connectivity index (χ0) is 19.6. The van der Waals surface area contributed by atoms with Gasteiger partial charge in [0.15, 0.2) is 23.0 Å². The maximum absolute atomic E-state index is 12.6. The first-order valence-electron chi connectivity index (χ1n) is 8.65. The Hall–Kier alpha value is -2.73. The molecule has 0 atom stereocenters. The molecule has 3 aromatic rings. The average molecular weight is 389 g/mol. The van der Waals surface area contributed by atoms with Crippen LogP contribution in [0.2, 0.25) is 5.02 Å². The minimum atomic E-state index is -0.315. The molecule has 0 radical (unpaired) electrons. The van der Waals surface area contributed by atoms with E-state index in [1.165, 1.54) is 7.11 Å². The van der Waals surface area contributed by atoms with Gasteiger partial charge in [-0.05, 0) is 37.3 Å². The lowest BCUT2D eigenvalue weighted by Crippen LogP contribution is -2.12. The van der Waals surface area contributed by atoms with E-state index in [9.17, 15) is 4.79 Å². The van der Waals surface area contributed by atoms with Gasteiger partial charge in [0.25, 0.3) is 5.91 Å². The van der Waals surface area contributed by atoms with Crippen LogP contribution in [0.1, 0.15) is 42.9 Å². The fraction of sp³-hybridized carbons (Fsp3) is 0.300. The molecule has 0 unspecified atom stereocenters. The first-order valence-corrected chi connectivity index (χ1v) is 9.02. The SMILES string of the molecule is CCOc1c(Cl)cc(C(=O)Nc2ccc3oc(C(C)C)nc3c2)cc1OC. The Balaban J connectivity index is 1.86. The predicted molar refractivity (Wildman–Crippen MR) is 105 cm³/mol. The number of nitrogens with one attached hydrogen (secondary N) is 1. The molecule has 1 N–H and O–H groups in total. The molecule has 1 heterocycles. The number of halogens is 1. The van der Waals surface area contributed by atoms with E-state index in [4.69, 9.17) is 25.5 Å². The zero-order valence-electron chi connectivity index (χ0n) is 15.6. The van der Waals surface area contributed by atoms with E-state index >= 15 is 0 Å². The standard InChI is InChI=1S/C20H21ClN2O4/c1-5-26-18-14(21)8-12(9-17(18)25-4)19(24)22-13-6-7-16-15(10-13)23-20(27-16)11(2)3/h6-11H,5H2,1-4H3,(H,22,24). The Morgan fingerprint density at radius 2 is 2.07 bits per heavy atom. The van der Waals surface area contributed by atoms with Crippen molar-refractivity contribution in [1.82, 2.24) is 4.98 Å². The fourth-order valence-electron chi connectivity index (χ4n) is 2.61. The summed E-state index contributed by atoms with van der Waals surface area (Å²) < 4.78 is 16.4. The molecule has 6 nitrogen and oxygen atoms in total. The molecule has 0 spiro atoms. The second kappa shape index (κ2) is 7.88. The van der Waals surface area contributed by atoms with Crippen LogP contribution in [0.3, 0.4) is 0 Å². The van der Waals surface area contributed by atoms with Crippen LogP contribution in [-0.4, -0.2) is 24.6 Å². The monoisotopic (exact) mass is 388 g/mol. The van der Waals surface area contributed by atoms with Crippen molar-refractivity contribution in [3.05, 3.63) is 46.8 Å². The molecule has 1 amide bonds. The van der Waals surface area contributed by atoms with Gasteiger partial charge in [0, 0.05) is 17.2 Å². The third-order valence-corrected chi connectivity index (χ3v) is 4.22. The molecule has 3 rings (SSSR count). The number of benzene rings is 2. The summed E-state index contributed by atoms with van der Waals surface area (Å²) in [5, 5.41) is 3.16. The van der Waals surface area contributed by atoms with Crippen molar-refractivity contribution in [1.29, 1.82) is 0 Å². The molecule has 0 bridgehead atoms. The molecule has 27 heavy (non-hydrogen) atoms. The number of aromatic nitrogens is 1. The average Bonchev–Trinajstić information content (AvgIpc) is 3.07. The number of hydrogen-bond acceptors (Lipinski definition) is 5. The smallest absolute Gasteiger partial charge is 0.255 e. The third-order valence-electron chi connectivity index (χ3n) is 3.94. The predicted octanol–water partition coefficient (Wildman–Crippen LogP) is 5.26. The summed E-state index contributed by atoms with van der Waals surface area (Å²) in [6, 6.07) is 8.47. The van der Waals surface area contributed by atoms with Crippen LogP contribution in [0.5, 0.6) is 11.5 Å². The second-order valence-corrected chi connectivity index (χ2v) is 6.67. The largest absolute Gasteiger partial charge is 0.493 e. The van der Waals surface area contributed by atoms with Crippen molar-refractivity contribution < 1.29 is 18.7 Å². The summed E-state index contributed by atoms with van der Waals surface area (Å²) >= 11 is 6.24. The molecule has 0 aliphatic rings. The number of amides is 1. The highest BCUT2D eigenvalue weighted by Gasteiger charge is 2.16. The van der Waals surface area contributed by atoms with Gasteiger partial charge in [0.1, 0.15) is 5.52 Å². The number of ether oxygens (including phenoxy) is 2. The van der Waals surface area contributed by atoms with E-state index in [0.29, 0.717) is 51.4 Å². The van der Waals surface area contributed by atoms with Gasteiger partial charge in [-0.3, -0.25) is 4.79 Å². The van der Waals surface area contributed by atoms with Gasteiger partial charge < -0.3 is 19.2 Å². The van der Waals surface area contributed by atoms with E-state index in [1.54, 1.807) is 30.3 Å². The van der Waals surface area contributed by atoms with Gasteiger partial charge in [-0.15, -0.1) is 0 Å². The first-order chi connectivity index (χ1) is 12.9. The molecule has 0 saturated carbocycles. The minimum Gasteiger partial charge on any atom is -0.493 e. The van der Waals surface area contributed by atoms with Crippen molar-refractivity contribution in [3.8, 4) is 11.5 Å². The lowest BCUT2D eigenvalue weighted by molar-refractivity contribution is 0.102. The van der Waals surface area contributed by atoms with Gasteiger partial charge >= 0.3 is 0 Å². The maximum Gasteiger partial charge on any atom is 0.255 e. The highest BCUT2D eigenvalue weighted by molar-refractivity contribution is 6.32. The third kappa shape index (κ3) is 4.01. The van der Waals surface area contributed by atoms with Crippen LogP contribution in [-0.2, 0) is 0 Å². The summed E-state index contributed by atoms with van der Waals surface area (Å²) in [6.45, 7) is 6.31. The van der Waals surface area contributed by atoms with E-state index in [2.05, 4.69) is 10.3 Å². The number of fused-ring (bicyclic) bond motifs is 1. The number of hydrogen-bond donors (Lipinski definition) is 1. The Morgan fingerprint density at radius 3 is 2.74 bits per heavy atom. The molecule has 0 aliphatic carbocycles. The van der Waals surface area contributed by atoms with Crippen LogP contribution >= 0.6 is 11.6 Å². The number of oxazole rings is 1. The van der Waals surface area contributed by atoms with E-state index in [0.717, 1.165) is 0 Å². The molecule has 0 aliphatic heterocycles. The highest BCUT2D eigenvalue weighted by atomic mass is 35.5. The first kappa shape index (κ1) is 19.0. The lowest BCUT2D eigenvalue weighted by atomic mass is 10.1. The Labute approximate surface area is 162 Å². The molecule has 1 aromatic heterocycles. The van der Waals surface area contributed by atoms with E-state index < -0.39 is 0 Å². The molecule has 142 valence electrons. The number of anilines is 1. The maximum atomic E-state index is 12.6. The molecule has 2 aromatic carbocycles. The number of rotatable bonds is 6. The lowest BCUT2D eigenvalue weighted by Gasteiger charge is -2.13. The van der Waals surface area contributed by atoms with Gasteiger partial charge in [-0.2, -0.15) is 0 Å². The molecule has 0 saturated heterocycles. The summed E-state index contributed by atoms with van der Waals surface area (Å²) in [7, 11) is 1.50. The number of carbonyl (C=O) groups is 1. The Morgan fingerprint density at radius 1 is 1.30 bits per heavy atom. The fourth-order valence-corrected chi connectivity index (χ4v) is 2.87. The van der Waals surface area contributed by atoms with Crippen LogP contribution in [0.4, 0.5) is 5.69 Å². The summed E-state index contributed by atoms with van der Waals surface area (Å²) in [5.41, 5.74) is 2.35. The van der Waals surface area contributed by atoms with Crippen molar-refractivity contribution in [2.75, 3.05) is 19.0 Å². The van der Waals surface area contributed by atoms with Crippen molar-refractivity contribution in [2.45, 2.75) is 26.7 Å². The van der Waals surface area contributed by atoms with Gasteiger partial charge in [-0.25, -0.2) is 4.98 Å². The van der Waals surface area contributed by atoms with E-state index in [1.807, 2.05) is 20.8 Å². The topological polar surface area (TPSA) is 73.6 Å². The van der Waals surface area contributed by atoms with Gasteiger partial charge in [-0.1, -0.05) is 25.4 Å². The highest BCUT2D eigenvalue weighted by Crippen LogP contribution is 2.36. The summed E-state index contributed by atoms with van der Waals surface area (Å²) in [6.07, 6.45) is 0. The summed E-state index contributed by atoms with van der Waals surface area (Å²) in [5.74, 6) is 1.36. The van der Waals surface area contributed by atoms with Gasteiger partial charge in [0.2, 0.25) is 0 Å². The summed E-state index contributed by atoms with van der Waals surface area (Å²) in [4.78, 5) is 17.1. The Bertz CT molecular complexity index is 982. The normalized spacial score (nSPS) is 11.0. The second-order valence-electron chi connectivity index (χ2n) is 6.27. The molecule has 0 fully saturated rings. The van der Waals surface area contributed by atoms with Crippen LogP contribution in [0, 0.1) is 0 Å². The molecular formula is C20H21ClN2O4. The Kier molecular flexibility index (Phi) is 5.56. The van der Waals surface area contributed by atoms with Crippen LogP contribution < -0.4 is 14.8 Å². The van der Waals surface area contributed by atoms with Gasteiger partial charge in [0.05, 0.1) is 18.7 Å². The van der Waals surface area contributed by atoms with E-state index in [-0.39, 0.29) is 11.8 Å². The number of carbonyl (C=O) groups excluding carboxylic acids is 1.